The molecule has 114 valence electrons. The van der Waals surface area contributed by atoms with E-state index in [1.807, 2.05) is 6.07 Å². The van der Waals surface area contributed by atoms with Crippen molar-refractivity contribution in [1.29, 1.82) is 0 Å². The van der Waals surface area contributed by atoms with Gasteiger partial charge in [0, 0.05) is 25.0 Å². The maximum Gasteiger partial charge on any atom is 0.0976 e. The van der Waals surface area contributed by atoms with Gasteiger partial charge in [0.25, 0.3) is 0 Å². The molecule has 0 fully saturated rings. The largest absolute Gasteiger partial charge is 0.378 e. The summed E-state index contributed by atoms with van der Waals surface area (Å²) in [6.45, 7) is 6.93. The highest BCUT2D eigenvalue weighted by atomic mass is 32.1. The second-order valence-electron chi connectivity index (χ2n) is 5.60. The Hall–Kier alpha value is -1.23. The van der Waals surface area contributed by atoms with Crippen molar-refractivity contribution in [1.82, 2.24) is 10.3 Å². The smallest absolute Gasteiger partial charge is 0.0976 e. The summed E-state index contributed by atoms with van der Waals surface area (Å²) in [6.07, 6.45) is 0.895. The highest BCUT2D eigenvalue weighted by molar-refractivity contribution is 7.11. The molecule has 1 N–H and O–H groups in total. The molecule has 0 amide bonds. The summed E-state index contributed by atoms with van der Waals surface area (Å²) in [4.78, 5) is 6.04. The number of methoxy groups -OCH3 is 1. The molecule has 0 saturated heterocycles. The van der Waals surface area contributed by atoms with Crippen molar-refractivity contribution in [3.8, 4) is 0 Å². The molecule has 0 saturated carbocycles. The lowest BCUT2D eigenvalue weighted by Crippen LogP contribution is -2.19. The topological polar surface area (TPSA) is 34.1 Å². The van der Waals surface area contributed by atoms with Gasteiger partial charge in [0.2, 0.25) is 0 Å². The Labute approximate surface area is 131 Å². The van der Waals surface area contributed by atoms with Gasteiger partial charge in [0.15, 0.2) is 0 Å². The normalized spacial score (nSPS) is 11.2. The molecule has 0 unspecified atom stereocenters. The van der Waals surface area contributed by atoms with E-state index in [1.165, 1.54) is 10.4 Å². The van der Waals surface area contributed by atoms with Gasteiger partial charge in [-0.1, -0.05) is 44.2 Å². The molecule has 21 heavy (non-hydrogen) atoms. The van der Waals surface area contributed by atoms with E-state index in [0.29, 0.717) is 12.5 Å². The first-order chi connectivity index (χ1) is 10.2. The second kappa shape index (κ2) is 8.27. The number of hydrogen-bond donors (Lipinski definition) is 1. The lowest BCUT2D eigenvalue weighted by molar-refractivity contribution is 0.181. The van der Waals surface area contributed by atoms with Crippen molar-refractivity contribution in [2.24, 2.45) is 5.92 Å². The van der Waals surface area contributed by atoms with Crippen LogP contribution in [0, 0.1) is 5.92 Å². The fourth-order valence-corrected chi connectivity index (χ4v) is 3.22. The van der Waals surface area contributed by atoms with Crippen LogP contribution in [0.2, 0.25) is 0 Å². The number of benzene rings is 1. The van der Waals surface area contributed by atoms with E-state index in [1.54, 1.807) is 18.4 Å². The van der Waals surface area contributed by atoms with Crippen LogP contribution in [0.5, 0.6) is 0 Å². The van der Waals surface area contributed by atoms with Crippen LogP contribution >= 0.6 is 11.3 Å². The van der Waals surface area contributed by atoms with E-state index in [-0.39, 0.29) is 0 Å². The molecule has 0 aliphatic rings. The van der Waals surface area contributed by atoms with Gasteiger partial charge in [-0.3, -0.25) is 0 Å². The summed E-state index contributed by atoms with van der Waals surface area (Å²) >= 11 is 1.79. The third-order valence-corrected chi connectivity index (χ3v) is 4.24. The van der Waals surface area contributed by atoms with Gasteiger partial charge in [0.1, 0.15) is 0 Å². The van der Waals surface area contributed by atoms with Gasteiger partial charge in [-0.05, 0) is 18.0 Å². The molecule has 2 rings (SSSR count). The van der Waals surface area contributed by atoms with Gasteiger partial charge in [-0.25, -0.2) is 4.98 Å². The molecular weight excluding hydrogens is 280 g/mol. The quantitative estimate of drug-likeness (QED) is 0.808. The molecule has 2 aromatic rings. The van der Waals surface area contributed by atoms with Gasteiger partial charge < -0.3 is 10.1 Å². The predicted octanol–water partition coefficient (Wildman–Crippen LogP) is 3.63. The Morgan fingerprint density at radius 1 is 1.24 bits per heavy atom. The number of thiazole rings is 1. The molecule has 3 nitrogen and oxygen atoms in total. The van der Waals surface area contributed by atoms with E-state index >= 15 is 0 Å². The summed E-state index contributed by atoms with van der Waals surface area (Å²) in [7, 11) is 1.72. The first-order valence-corrected chi connectivity index (χ1v) is 8.21. The van der Waals surface area contributed by atoms with Crippen LogP contribution in [0.1, 0.15) is 35.0 Å². The fourth-order valence-electron chi connectivity index (χ4n) is 2.14. The Bertz CT molecular complexity index is 537. The van der Waals surface area contributed by atoms with Crippen LogP contribution in [-0.4, -0.2) is 18.6 Å². The predicted molar refractivity (Wildman–Crippen MR) is 88.6 cm³/mol. The first-order valence-electron chi connectivity index (χ1n) is 7.40. The molecule has 4 heteroatoms. The Kier molecular flexibility index (Phi) is 6.36. The molecular formula is C17H24N2OS. The van der Waals surface area contributed by atoms with Crippen LogP contribution in [0.15, 0.2) is 30.3 Å². The highest BCUT2D eigenvalue weighted by Crippen LogP contribution is 2.22. The minimum atomic E-state index is 0.587. The zero-order valence-electron chi connectivity index (χ0n) is 13.1. The zero-order chi connectivity index (χ0) is 15.1. The Morgan fingerprint density at radius 3 is 2.67 bits per heavy atom. The maximum atomic E-state index is 5.28. The van der Waals surface area contributed by atoms with E-state index in [0.717, 1.165) is 30.2 Å². The summed E-state index contributed by atoms with van der Waals surface area (Å²) in [5, 5.41) is 4.65. The van der Waals surface area contributed by atoms with Crippen LogP contribution in [0.3, 0.4) is 0 Å². The van der Waals surface area contributed by atoms with Gasteiger partial charge in [0.05, 0.1) is 17.3 Å². The molecule has 0 spiro atoms. The van der Waals surface area contributed by atoms with Crippen molar-refractivity contribution in [3.05, 3.63) is 51.5 Å². The van der Waals surface area contributed by atoms with E-state index < -0.39 is 0 Å². The summed E-state index contributed by atoms with van der Waals surface area (Å²) in [5.41, 5.74) is 2.38. The molecule has 0 aliphatic heterocycles. The Morgan fingerprint density at radius 2 is 2.00 bits per heavy atom. The third-order valence-electron chi connectivity index (χ3n) is 3.14. The lowest BCUT2D eigenvalue weighted by Gasteiger charge is -2.06. The van der Waals surface area contributed by atoms with Crippen molar-refractivity contribution < 1.29 is 4.74 Å². The van der Waals surface area contributed by atoms with Crippen molar-refractivity contribution in [2.75, 3.05) is 13.7 Å². The number of rotatable bonds is 8. The van der Waals surface area contributed by atoms with Gasteiger partial charge in [-0.2, -0.15) is 0 Å². The van der Waals surface area contributed by atoms with Crippen LogP contribution in [0.4, 0.5) is 0 Å². The minimum absolute atomic E-state index is 0.587. The molecule has 0 radical (unpaired) electrons. The van der Waals surface area contributed by atoms with E-state index in [9.17, 15) is 0 Å². The SMILES string of the molecule is COCc1nc(Cc2ccccc2)sc1CNCC(C)C. The van der Waals surface area contributed by atoms with E-state index in [2.05, 4.69) is 43.4 Å². The molecule has 1 heterocycles. The molecule has 1 aromatic heterocycles. The maximum absolute atomic E-state index is 5.28. The van der Waals surface area contributed by atoms with Gasteiger partial charge >= 0.3 is 0 Å². The number of aromatic nitrogens is 1. The van der Waals surface area contributed by atoms with E-state index in [4.69, 9.17) is 9.72 Å². The molecule has 1 aromatic carbocycles. The molecule has 0 aliphatic carbocycles. The minimum Gasteiger partial charge on any atom is -0.378 e. The number of nitrogens with zero attached hydrogens (tertiary/aromatic N) is 1. The molecule has 0 bridgehead atoms. The summed E-state index contributed by atoms with van der Waals surface area (Å²) in [6, 6.07) is 10.5. The first kappa shape index (κ1) is 16.1. The van der Waals surface area contributed by atoms with Crippen molar-refractivity contribution in [2.45, 2.75) is 33.4 Å². The van der Waals surface area contributed by atoms with Crippen molar-refractivity contribution >= 4 is 11.3 Å². The summed E-state index contributed by atoms with van der Waals surface area (Å²) < 4.78 is 5.28. The standard InChI is InChI=1S/C17H24N2OS/c1-13(2)10-18-11-16-15(12-20-3)19-17(21-16)9-14-7-5-4-6-8-14/h4-8,13,18H,9-12H2,1-3H3. The number of ether oxygens (including phenoxy) is 1. The highest BCUT2D eigenvalue weighted by Gasteiger charge is 2.11. The van der Waals surface area contributed by atoms with Gasteiger partial charge in [-0.15, -0.1) is 11.3 Å². The van der Waals surface area contributed by atoms with Crippen LogP contribution in [0.25, 0.3) is 0 Å². The van der Waals surface area contributed by atoms with Crippen LogP contribution < -0.4 is 5.32 Å². The van der Waals surface area contributed by atoms with Crippen molar-refractivity contribution in [3.63, 3.8) is 0 Å². The average Bonchev–Trinajstić information content (AvgIpc) is 2.82. The third kappa shape index (κ3) is 5.23. The zero-order valence-corrected chi connectivity index (χ0v) is 13.9. The van der Waals surface area contributed by atoms with Crippen LogP contribution in [-0.2, 0) is 24.3 Å². The lowest BCUT2D eigenvalue weighted by atomic mass is 10.2. The molecule has 0 atom stereocenters. The number of hydrogen-bond acceptors (Lipinski definition) is 4. The summed E-state index contributed by atoms with van der Waals surface area (Å²) in [5.74, 6) is 0.660. The average molecular weight is 304 g/mol. The second-order valence-corrected chi connectivity index (χ2v) is 6.77. The Balaban J connectivity index is 2.05. The number of nitrogens with one attached hydrogen (secondary N) is 1. The fraction of sp³-hybridized carbons (Fsp3) is 0.471. The monoisotopic (exact) mass is 304 g/mol.